The number of rotatable bonds is 5. The van der Waals surface area contributed by atoms with Crippen LogP contribution in [0.1, 0.15) is 64.7 Å². The molecule has 1 saturated heterocycles. The van der Waals surface area contributed by atoms with Crippen molar-refractivity contribution in [2.24, 2.45) is 5.92 Å². The summed E-state index contributed by atoms with van der Waals surface area (Å²) < 4.78 is 6.04. The predicted octanol–water partition coefficient (Wildman–Crippen LogP) is 3.19. The Morgan fingerprint density at radius 3 is 2.62 bits per heavy atom. The zero-order valence-electron chi connectivity index (χ0n) is 13.9. The lowest BCUT2D eigenvalue weighted by atomic mass is 9.82. The summed E-state index contributed by atoms with van der Waals surface area (Å²) >= 11 is 0. The van der Waals surface area contributed by atoms with Crippen molar-refractivity contribution in [2.75, 3.05) is 26.2 Å². The number of hydrogen-bond donors (Lipinski definition) is 1. The van der Waals surface area contributed by atoms with Crippen LogP contribution in [0.4, 0.5) is 0 Å². The molecule has 0 amide bonds. The highest BCUT2D eigenvalue weighted by molar-refractivity contribution is 4.91. The van der Waals surface area contributed by atoms with Crippen LogP contribution < -0.4 is 5.32 Å². The van der Waals surface area contributed by atoms with Crippen LogP contribution in [0.2, 0.25) is 0 Å². The first-order chi connectivity index (χ1) is 10.4. The Morgan fingerprint density at radius 2 is 1.81 bits per heavy atom. The lowest BCUT2D eigenvalue weighted by Gasteiger charge is -2.46. The molecule has 2 aliphatic carbocycles. The lowest BCUT2D eigenvalue weighted by Crippen LogP contribution is -2.57. The zero-order chi connectivity index (χ0) is 14.5. The van der Waals surface area contributed by atoms with Gasteiger partial charge in [-0.15, -0.1) is 0 Å². The van der Waals surface area contributed by atoms with E-state index >= 15 is 0 Å². The van der Waals surface area contributed by atoms with Gasteiger partial charge in [-0.2, -0.15) is 0 Å². The smallest absolute Gasteiger partial charge is 0.0730 e. The van der Waals surface area contributed by atoms with Crippen molar-refractivity contribution in [2.45, 2.75) is 82.9 Å². The topological polar surface area (TPSA) is 24.5 Å². The predicted molar refractivity (Wildman–Crippen MR) is 87.6 cm³/mol. The van der Waals surface area contributed by atoms with Crippen molar-refractivity contribution in [1.82, 2.24) is 10.2 Å². The van der Waals surface area contributed by atoms with Crippen LogP contribution in [-0.2, 0) is 4.74 Å². The number of hydrogen-bond acceptors (Lipinski definition) is 3. The molecule has 0 aromatic heterocycles. The Labute approximate surface area is 130 Å². The molecule has 3 atom stereocenters. The van der Waals surface area contributed by atoms with Gasteiger partial charge < -0.3 is 10.1 Å². The van der Waals surface area contributed by atoms with Gasteiger partial charge in [0.25, 0.3) is 0 Å². The van der Waals surface area contributed by atoms with E-state index in [1.54, 1.807) is 0 Å². The SMILES string of the molecule is CCNC(CN1CCOC2CCCCC21)C1CCCCC1. The average molecular weight is 294 g/mol. The molecule has 0 aromatic carbocycles. The molecule has 122 valence electrons. The highest BCUT2D eigenvalue weighted by Crippen LogP contribution is 2.31. The fraction of sp³-hybridized carbons (Fsp3) is 1.00. The number of fused-ring (bicyclic) bond motifs is 1. The Bertz CT molecular complexity index is 300. The fourth-order valence-electron chi connectivity index (χ4n) is 4.83. The van der Waals surface area contributed by atoms with Crippen molar-refractivity contribution in [3.8, 4) is 0 Å². The van der Waals surface area contributed by atoms with E-state index in [2.05, 4.69) is 17.1 Å². The first kappa shape index (κ1) is 15.8. The summed E-state index contributed by atoms with van der Waals surface area (Å²) in [5.74, 6) is 0.906. The zero-order valence-corrected chi connectivity index (χ0v) is 13.9. The number of morpholine rings is 1. The van der Waals surface area contributed by atoms with Crippen LogP contribution >= 0.6 is 0 Å². The van der Waals surface area contributed by atoms with Crippen LogP contribution in [0.25, 0.3) is 0 Å². The Hall–Kier alpha value is -0.120. The summed E-state index contributed by atoms with van der Waals surface area (Å²) in [6, 6.07) is 1.41. The molecule has 0 spiro atoms. The minimum atomic E-state index is 0.529. The summed E-state index contributed by atoms with van der Waals surface area (Å²) in [5, 5.41) is 3.81. The second-order valence-corrected chi connectivity index (χ2v) is 7.32. The molecule has 3 aliphatic rings. The van der Waals surface area contributed by atoms with E-state index in [0.717, 1.165) is 25.6 Å². The van der Waals surface area contributed by atoms with E-state index in [4.69, 9.17) is 4.74 Å². The van der Waals surface area contributed by atoms with Gasteiger partial charge in [-0.3, -0.25) is 4.90 Å². The molecule has 3 nitrogen and oxygen atoms in total. The second kappa shape index (κ2) is 7.94. The molecule has 3 heteroatoms. The van der Waals surface area contributed by atoms with Crippen molar-refractivity contribution >= 4 is 0 Å². The van der Waals surface area contributed by atoms with Gasteiger partial charge in [0.1, 0.15) is 0 Å². The van der Waals surface area contributed by atoms with Crippen LogP contribution in [0, 0.1) is 5.92 Å². The van der Waals surface area contributed by atoms with Gasteiger partial charge in [0, 0.05) is 25.2 Å². The van der Waals surface area contributed by atoms with Crippen LogP contribution in [0.3, 0.4) is 0 Å². The van der Waals surface area contributed by atoms with Gasteiger partial charge in [-0.25, -0.2) is 0 Å². The molecule has 2 saturated carbocycles. The maximum absolute atomic E-state index is 6.04. The van der Waals surface area contributed by atoms with Crippen molar-refractivity contribution in [1.29, 1.82) is 0 Å². The summed E-state index contributed by atoms with van der Waals surface area (Å²) in [6.07, 6.45) is 13.2. The summed E-state index contributed by atoms with van der Waals surface area (Å²) in [4.78, 5) is 2.77. The Kier molecular flexibility index (Phi) is 5.96. The van der Waals surface area contributed by atoms with E-state index in [-0.39, 0.29) is 0 Å². The molecule has 21 heavy (non-hydrogen) atoms. The molecule has 3 fully saturated rings. The molecule has 0 aromatic rings. The summed E-state index contributed by atoms with van der Waals surface area (Å²) in [5.41, 5.74) is 0. The summed E-state index contributed by atoms with van der Waals surface area (Å²) in [6.45, 7) is 6.72. The van der Waals surface area contributed by atoms with Gasteiger partial charge in [0.2, 0.25) is 0 Å². The maximum Gasteiger partial charge on any atom is 0.0730 e. The van der Waals surface area contributed by atoms with Crippen molar-refractivity contribution < 1.29 is 4.74 Å². The maximum atomic E-state index is 6.04. The lowest BCUT2D eigenvalue weighted by molar-refractivity contribution is -0.0919. The largest absolute Gasteiger partial charge is 0.375 e. The van der Waals surface area contributed by atoms with E-state index < -0.39 is 0 Å². The van der Waals surface area contributed by atoms with Gasteiger partial charge in [-0.1, -0.05) is 39.0 Å². The van der Waals surface area contributed by atoms with Crippen molar-refractivity contribution in [3.63, 3.8) is 0 Å². The molecule has 3 unspecified atom stereocenters. The molecule has 0 radical (unpaired) electrons. The third-order valence-electron chi connectivity index (χ3n) is 5.96. The molecule has 3 rings (SSSR count). The number of ether oxygens (including phenoxy) is 1. The van der Waals surface area contributed by atoms with E-state index in [9.17, 15) is 0 Å². The third kappa shape index (κ3) is 4.00. The molecule has 1 N–H and O–H groups in total. The fourth-order valence-corrected chi connectivity index (χ4v) is 4.83. The highest BCUT2D eigenvalue weighted by atomic mass is 16.5. The van der Waals surface area contributed by atoms with E-state index in [1.807, 2.05) is 0 Å². The Morgan fingerprint density at radius 1 is 1.05 bits per heavy atom. The third-order valence-corrected chi connectivity index (χ3v) is 5.96. The highest BCUT2D eigenvalue weighted by Gasteiger charge is 2.36. The second-order valence-electron chi connectivity index (χ2n) is 7.32. The minimum absolute atomic E-state index is 0.529. The summed E-state index contributed by atoms with van der Waals surface area (Å²) in [7, 11) is 0. The normalized spacial score (nSPS) is 33.6. The van der Waals surface area contributed by atoms with Crippen LogP contribution in [0.5, 0.6) is 0 Å². The molecular weight excluding hydrogens is 260 g/mol. The first-order valence-electron chi connectivity index (χ1n) is 9.47. The Balaban J connectivity index is 1.60. The average Bonchev–Trinajstić information content (AvgIpc) is 2.55. The number of nitrogens with one attached hydrogen (secondary N) is 1. The minimum Gasteiger partial charge on any atom is -0.375 e. The van der Waals surface area contributed by atoms with Crippen LogP contribution in [-0.4, -0.2) is 49.3 Å². The first-order valence-corrected chi connectivity index (χ1v) is 9.47. The van der Waals surface area contributed by atoms with Gasteiger partial charge in [0.15, 0.2) is 0 Å². The number of nitrogens with zero attached hydrogens (tertiary/aromatic N) is 1. The standard InChI is InChI=1S/C18H34N2O/c1-2-19-16(15-8-4-3-5-9-15)14-20-12-13-21-18-11-7-6-10-17(18)20/h15-19H,2-14H2,1H3. The monoisotopic (exact) mass is 294 g/mol. The number of likely N-dealkylation sites (N-methyl/N-ethyl adjacent to an activating group) is 1. The van der Waals surface area contributed by atoms with Crippen molar-refractivity contribution in [3.05, 3.63) is 0 Å². The molecule has 1 aliphatic heterocycles. The van der Waals surface area contributed by atoms with E-state index in [0.29, 0.717) is 18.2 Å². The molecular formula is C18H34N2O. The van der Waals surface area contributed by atoms with E-state index in [1.165, 1.54) is 64.3 Å². The van der Waals surface area contributed by atoms with Gasteiger partial charge >= 0.3 is 0 Å². The quantitative estimate of drug-likeness (QED) is 0.843. The van der Waals surface area contributed by atoms with Gasteiger partial charge in [0.05, 0.1) is 12.7 Å². The molecule has 1 heterocycles. The molecule has 0 bridgehead atoms. The van der Waals surface area contributed by atoms with Gasteiger partial charge in [-0.05, 0) is 38.1 Å². The van der Waals surface area contributed by atoms with Crippen LogP contribution in [0.15, 0.2) is 0 Å².